The van der Waals surface area contributed by atoms with E-state index in [2.05, 4.69) is 0 Å². The first-order valence-electron chi connectivity index (χ1n) is 7.38. The molecule has 0 bridgehead atoms. The van der Waals surface area contributed by atoms with Crippen LogP contribution in [0.1, 0.15) is 12.8 Å². The molecule has 22 heavy (non-hydrogen) atoms. The van der Waals surface area contributed by atoms with Crippen LogP contribution >= 0.6 is 0 Å². The standard InChI is InChI=1S/C14H22N2O6/c17-9-7-15(8-10(18)14(22)13(9)21)5-1-2-6-16-11(19)3-4-12(16)20/h3-4,9-10,13-14,17-18,21-22H,1-2,5-8H2. The van der Waals surface area contributed by atoms with E-state index in [1.165, 1.54) is 17.1 Å². The fourth-order valence-electron chi connectivity index (χ4n) is 2.71. The molecular weight excluding hydrogens is 292 g/mol. The van der Waals surface area contributed by atoms with E-state index in [9.17, 15) is 30.0 Å². The minimum atomic E-state index is -1.37. The van der Waals surface area contributed by atoms with Crippen LogP contribution in [0.15, 0.2) is 12.2 Å². The van der Waals surface area contributed by atoms with Gasteiger partial charge in [0.25, 0.3) is 11.8 Å². The zero-order valence-electron chi connectivity index (χ0n) is 12.2. The Balaban J connectivity index is 1.74. The summed E-state index contributed by atoms with van der Waals surface area (Å²) in [6, 6.07) is 0. The number of aliphatic hydroxyl groups is 4. The molecule has 0 aromatic rings. The van der Waals surface area contributed by atoms with Crippen LogP contribution in [0.2, 0.25) is 0 Å². The van der Waals surface area contributed by atoms with E-state index >= 15 is 0 Å². The first-order chi connectivity index (χ1) is 10.4. The Bertz CT molecular complexity index is 421. The molecule has 4 N–H and O–H groups in total. The molecule has 2 rings (SSSR count). The summed E-state index contributed by atoms with van der Waals surface area (Å²) in [6.07, 6.45) is -1.25. The predicted molar refractivity (Wildman–Crippen MR) is 75.6 cm³/mol. The van der Waals surface area contributed by atoms with Gasteiger partial charge in [-0.1, -0.05) is 0 Å². The number of imide groups is 1. The van der Waals surface area contributed by atoms with Crippen molar-refractivity contribution in [2.45, 2.75) is 37.3 Å². The van der Waals surface area contributed by atoms with Gasteiger partial charge in [0.2, 0.25) is 0 Å². The Morgan fingerprint density at radius 3 is 1.82 bits per heavy atom. The van der Waals surface area contributed by atoms with Gasteiger partial charge in [-0.3, -0.25) is 19.4 Å². The molecule has 0 spiro atoms. The van der Waals surface area contributed by atoms with Gasteiger partial charge in [0.1, 0.15) is 12.2 Å². The predicted octanol–water partition coefficient (Wildman–Crippen LogP) is -2.55. The van der Waals surface area contributed by atoms with E-state index in [4.69, 9.17) is 0 Å². The van der Waals surface area contributed by atoms with Crippen LogP contribution in [0.3, 0.4) is 0 Å². The Morgan fingerprint density at radius 2 is 1.32 bits per heavy atom. The number of unbranched alkanes of at least 4 members (excludes halogenated alkanes) is 1. The fraction of sp³-hybridized carbons (Fsp3) is 0.714. The molecule has 2 aliphatic heterocycles. The average molecular weight is 314 g/mol. The van der Waals surface area contributed by atoms with Crippen LogP contribution < -0.4 is 0 Å². The van der Waals surface area contributed by atoms with Gasteiger partial charge in [0, 0.05) is 31.8 Å². The van der Waals surface area contributed by atoms with Gasteiger partial charge in [0.05, 0.1) is 12.2 Å². The summed E-state index contributed by atoms with van der Waals surface area (Å²) in [7, 11) is 0. The molecule has 1 fully saturated rings. The maximum absolute atomic E-state index is 11.4. The second-order valence-electron chi connectivity index (χ2n) is 5.74. The van der Waals surface area contributed by atoms with Crippen molar-refractivity contribution >= 4 is 11.8 Å². The Morgan fingerprint density at radius 1 is 0.864 bits per heavy atom. The third-order valence-electron chi connectivity index (χ3n) is 4.04. The van der Waals surface area contributed by atoms with Gasteiger partial charge < -0.3 is 20.4 Å². The average Bonchev–Trinajstić information content (AvgIpc) is 2.76. The number of rotatable bonds is 5. The molecule has 2 aliphatic rings. The number of hydrogen-bond acceptors (Lipinski definition) is 7. The zero-order chi connectivity index (χ0) is 16.3. The van der Waals surface area contributed by atoms with E-state index in [0.717, 1.165) is 0 Å². The number of β-amino-alcohol motifs (C(OH)–C–C–N with tert-alkyl or cyclic N) is 2. The minimum absolute atomic E-state index is 0.151. The number of aliphatic hydroxyl groups excluding tert-OH is 4. The summed E-state index contributed by atoms with van der Waals surface area (Å²) in [6.45, 7) is 1.16. The quantitative estimate of drug-likeness (QED) is 0.325. The topological polar surface area (TPSA) is 122 Å². The molecule has 2 heterocycles. The van der Waals surface area contributed by atoms with Crippen molar-refractivity contribution in [1.29, 1.82) is 0 Å². The highest BCUT2D eigenvalue weighted by molar-refractivity contribution is 6.12. The molecule has 8 heteroatoms. The van der Waals surface area contributed by atoms with Gasteiger partial charge >= 0.3 is 0 Å². The van der Waals surface area contributed by atoms with Crippen molar-refractivity contribution in [2.75, 3.05) is 26.2 Å². The first-order valence-corrected chi connectivity index (χ1v) is 7.38. The number of nitrogens with zero attached hydrogens (tertiary/aromatic N) is 2. The summed E-state index contributed by atoms with van der Waals surface area (Å²) < 4.78 is 0. The molecule has 0 aromatic heterocycles. The number of carbonyl (C=O) groups is 2. The van der Waals surface area contributed by atoms with Gasteiger partial charge in [-0.05, 0) is 19.4 Å². The van der Waals surface area contributed by atoms with Crippen LogP contribution in [-0.2, 0) is 9.59 Å². The molecule has 4 atom stereocenters. The molecule has 0 aromatic carbocycles. The third kappa shape index (κ3) is 3.90. The number of amides is 2. The summed E-state index contributed by atoms with van der Waals surface area (Å²) in [5.74, 6) is -0.617. The summed E-state index contributed by atoms with van der Waals surface area (Å²) in [5, 5.41) is 38.7. The second-order valence-corrected chi connectivity index (χ2v) is 5.74. The van der Waals surface area contributed by atoms with E-state index in [0.29, 0.717) is 25.9 Å². The van der Waals surface area contributed by atoms with Gasteiger partial charge in [-0.25, -0.2) is 0 Å². The molecule has 1 saturated heterocycles. The first kappa shape index (κ1) is 17.0. The van der Waals surface area contributed by atoms with Crippen molar-refractivity contribution in [3.63, 3.8) is 0 Å². The molecule has 2 amide bonds. The zero-order valence-corrected chi connectivity index (χ0v) is 12.2. The SMILES string of the molecule is O=C1C=CC(=O)N1CCCCN1CC(O)C(O)C(O)C(O)C1. The van der Waals surface area contributed by atoms with Crippen LogP contribution in [0, 0.1) is 0 Å². The largest absolute Gasteiger partial charge is 0.389 e. The summed E-state index contributed by atoms with van der Waals surface area (Å²) in [5.41, 5.74) is 0. The molecule has 124 valence electrons. The van der Waals surface area contributed by atoms with Crippen LogP contribution in [-0.4, -0.2) is 92.6 Å². The maximum atomic E-state index is 11.4. The smallest absolute Gasteiger partial charge is 0.253 e. The lowest BCUT2D eigenvalue weighted by Gasteiger charge is -2.23. The van der Waals surface area contributed by atoms with Crippen molar-refractivity contribution in [3.8, 4) is 0 Å². The molecule has 0 saturated carbocycles. The Kier molecular flexibility index (Phi) is 5.65. The number of carbonyl (C=O) groups excluding carboxylic acids is 2. The minimum Gasteiger partial charge on any atom is -0.389 e. The summed E-state index contributed by atoms with van der Waals surface area (Å²) in [4.78, 5) is 25.7. The van der Waals surface area contributed by atoms with Crippen molar-refractivity contribution in [1.82, 2.24) is 9.80 Å². The summed E-state index contributed by atoms with van der Waals surface area (Å²) >= 11 is 0. The second kappa shape index (κ2) is 7.30. The van der Waals surface area contributed by atoms with Crippen molar-refractivity contribution < 1.29 is 30.0 Å². The van der Waals surface area contributed by atoms with Crippen molar-refractivity contribution in [2.24, 2.45) is 0 Å². The van der Waals surface area contributed by atoms with E-state index in [1.54, 1.807) is 4.90 Å². The normalized spacial score (nSPS) is 33.5. The lowest BCUT2D eigenvalue weighted by atomic mass is 10.1. The van der Waals surface area contributed by atoms with E-state index < -0.39 is 24.4 Å². The molecular formula is C14H22N2O6. The molecule has 0 aliphatic carbocycles. The van der Waals surface area contributed by atoms with Crippen LogP contribution in [0.25, 0.3) is 0 Å². The highest BCUT2D eigenvalue weighted by atomic mass is 16.4. The van der Waals surface area contributed by atoms with Crippen LogP contribution in [0.4, 0.5) is 0 Å². The maximum Gasteiger partial charge on any atom is 0.253 e. The Labute approximate surface area is 128 Å². The monoisotopic (exact) mass is 314 g/mol. The van der Waals surface area contributed by atoms with Gasteiger partial charge in [-0.15, -0.1) is 0 Å². The number of likely N-dealkylation sites (tertiary alicyclic amines) is 1. The molecule has 0 radical (unpaired) electrons. The Hall–Kier alpha value is -1.32. The highest BCUT2D eigenvalue weighted by Gasteiger charge is 2.36. The third-order valence-corrected chi connectivity index (χ3v) is 4.04. The fourth-order valence-corrected chi connectivity index (χ4v) is 2.71. The molecule has 4 unspecified atom stereocenters. The number of hydrogen-bond donors (Lipinski definition) is 4. The highest BCUT2D eigenvalue weighted by Crippen LogP contribution is 2.14. The van der Waals surface area contributed by atoms with Gasteiger partial charge in [0.15, 0.2) is 0 Å². The van der Waals surface area contributed by atoms with Crippen molar-refractivity contribution in [3.05, 3.63) is 12.2 Å². The van der Waals surface area contributed by atoms with Crippen LogP contribution in [0.5, 0.6) is 0 Å². The van der Waals surface area contributed by atoms with E-state index in [-0.39, 0.29) is 24.9 Å². The van der Waals surface area contributed by atoms with Gasteiger partial charge in [-0.2, -0.15) is 0 Å². The molecule has 8 nitrogen and oxygen atoms in total. The lowest BCUT2D eigenvalue weighted by molar-refractivity contribution is -0.136. The lowest BCUT2D eigenvalue weighted by Crippen LogP contribution is -2.43. The van der Waals surface area contributed by atoms with E-state index in [1.807, 2.05) is 0 Å².